The van der Waals surface area contributed by atoms with Crippen molar-refractivity contribution in [1.82, 2.24) is 4.90 Å². The molecule has 2 aromatic heterocycles. The number of fused-ring (bicyclic) bond motifs is 3. The molecule has 2 aliphatic heterocycles. The Balaban J connectivity index is 1.51. The largest absolute Gasteiger partial charge is 0.468 e. The number of likely N-dealkylation sites (tertiary alicyclic amines) is 1. The molecule has 1 aromatic carbocycles. The molecule has 0 N–H and O–H groups in total. The van der Waals surface area contributed by atoms with Gasteiger partial charge in [-0.25, -0.2) is 8.42 Å². The van der Waals surface area contributed by atoms with Crippen LogP contribution >= 0.6 is 11.3 Å². The summed E-state index contributed by atoms with van der Waals surface area (Å²) in [4.78, 5) is 2.71. The zero-order chi connectivity index (χ0) is 17.0. The summed E-state index contributed by atoms with van der Waals surface area (Å²) in [6.45, 7) is 1.98. The third kappa shape index (κ3) is 2.39. The highest BCUT2D eigenvalue weighted by atomic mass is 32.2. The van der Waals surface area contributed by atoms with E-state index < -0.39 is 9.84 Å². The molecule has 0 aliphatic carbocycles. The van der Waals surface area contributed by atoms with Crippen molar-refractivity contribution in [2.24, 2.45) is 0 Å². The molecule has 5 rings (SSSR count). The van der Waals surface area contributed by atoms with Crippen molar-refractivity contribution in [3.8, 4) is 11.1 Å². The van der Waals surface area contributed by atoms with Crippen LogP contribution in [0.5, 0.6) is 0 Å². The molecular weight excluding hydrogens is 354 g/mol. The maximum absolute atomic E-state index is 13.0. The van der Waals surface area contributed by atoms with Crippen molar-refractivity contribution in [1.29, 1.82) is 0 Å². The third-order valence-corrected chi connectivity index (χ3v) is 8.21. The molecule has 2 atom stereocenters. The summed E-state index contributed by atoms with van der Waals surface area (Å²) in [6.07, 6.45) is 1.66. The first-order valence-corrected chi connectivity index (χ1v) is 10.8. The van der Waals surface area contributed by atoms with Crippen LogP contribution in [-0.2, 0) is 16.4 Å². The Hall–Kier alpha value is -1.89. The summed E-state index contributed by atoms with van der Waals surface area (Å²) in [5.74, 6) is 0.929. The number of thiophene rings is 1. The number of sulfone groups is 1. The van der Waals surface area contributed by atoms with Crippen molar-refractivity contribution in [3.05, 3.63) is 64.7 Å². The van der Waals surface area contributed by atoms with Gasteiger partial charge in [0.1, 0.15) is 5.76 Å². The van der Waals surface area contributed by atoms with Crippen LogP contribution in [0.25, 0.3) is 11.1 Å². The predicted octanol–water partition coefficient (Wildman–Crippen LogP) is 3.76. The van der Waals surface area contributed by atoms with E-state index in [1.807, 2.05) is 23.6 Å². The number of hydrogen-bond donors (Lipinski definition) is 0. The van der Waals surface area contributed by atoms with E-state index in [1.165, 1.54) is 0 Å². The molecule has 6 heteroatoms. The Kier molecular flexibility index (Phi) is 3.42. The number of nitrogens with zero attached hydrogens (tertiary/aromatic N) is 1. The molecule has 4 heterocycles. The Morgan fingerprint density at radius 3 is 2.84 bits per heavy atom. The average molecular weight is 371 g/mol. The predicted molar refractivity (Wildman–Crippen MR) is 97.5 cm³/mol. The number of hydrogen-bond acceptors (Lipinski definition) is 5. The first-order chi connectivity index (χ1) is 12.1. The van der Waals surface area contributed by atoms with Gasteiger partial charge >= 0.3 is 0 Å². The molecule has 25 heavy (non-hydrogen) atoms. The van der Waals surface area contributed by atoms with E-state index in [1.54, 1.807) is 23.7 Å². The SMILES string of the molecule is O=S1(=O)c2ccc(-c3ccsc3)cc2[C@H]2CN(Cc3ccco3)C[C@H]21. The number of furan rings is 1. The van der Waals surface area contributed by atoms with E-state index in [2.05, 4.69) is 22.4 Å². The zero-order valence-electron chi connectivity index (χ0n) is 13.5. The summed E-state index contributed by atoms with van der Waals surface area (Å²) >= 11 is 1.65. The van der Waals surface area contributed by atoms with Crippen LogP contribution in [0.2, 0.25) is 0 Å². The molecule has 0 spiro atoms. The topological polar surface area (TPSA) is 50.5 Å². The fourth-order valence-corrected chi connectivity index (χ4v) is 6.95. The van der Waals surface area contributed by atoms with Gasteiger partial charge in [-0.05, 0) is 57.8 Å². The fraction of sp³-hybridized carbons (Fsp3) is 0.263. The average Bonchev–Trinajstić information content (AvgIpc) is 3.37. The molecule has 0 unspecified atom stereocenters. The quantitative estimate of drug-likeness (QED) is 0.703. The second-order valence-corrected chi connectivity index (χ2v) is 9.64. The monoisotopic (exact) mass is 371 g/mol. The van der Waals surface area contributed by atoms with Crippen LogP contribution in [0.4, 0.5) is 0 Å². The van der Waals surface area contributed by atoms with Crippen LogP contribution in [-0.4, -0.2) is 31.7 Å². The Labute approximate surface area is 150 Å². The molecule has 0 bridgehead atoms. The summed E-state index contributed by atoms with van der Waals surface area (Å²) in [5, 5.41) is 3.80. The Morgan fingerprint density at radius 2 is 2.08 bits per heavy atom. The molecule has 128 valence electrons. The van der Waals surface area contributed by atoms with Crippen molar-refractivity contribution in [3.63, 3.8) is 0 Å². The summed E-state index contributed by atoms with van der Waals surface area (Å²) in [7, 11) is -3.25. The Bertz CT molecular complexity index is 1010. The third-order valence-electron chi connectivity index (χ3n) is 5.27. The smallest absolute Gasteiger partial charge is 0.183 e. The molecule has 0 amide bonds. The highest BCUT2D eigenvalue weighted by Gasteiger charge is 2.50. The zero-order valence-corrected chi connectivity index (χ0v) is 15.1. The van der Waals surface area contributed by atoms with E-state index in [-0.39, 0.29) is 11.2 Å². The Morgan fingerprint density at radius 1 is 1.16 bits per heavy atom. The lowest BCUT2D eigenvalue weighted by Gasteiger charge is -2.16. The summed E-state index contributed by atoms with van der Waals surface area (Å²) < 4.78 is 31.3. The molecule has 3 aromatic rings. The maximum atomic E-state index is 13.0. The van der Waals surface area contributed by atoms with Gasteiger partial charge in [0.2, 0.25) is 0 Å². The van der Waals surface area contributed by atoms with E-state index in [4.69, 9.17) is 4.42 Å². The lowest BCUT2D eigenvalue weighted by Crippen LogP contribution is -2.25. The second-order valence-electron chi connectivity index (χ2n) is 6.73. The lowest BCUT2D eigenvalue weighted by molar-refractivity contribution is 0.293. The molecule has 0 radical (unpaired) electrons. The molecule has 4 nitrogen and oxygen atoms in total. The van der Waals surface area contributed by atoms with E-state index in [9.17, 15) is 8.42 Å². The second kappa shape index (κ2) is 5.56. The number of rotatable bonds is 3. The van der Waals surface area contributed by atoms with Gasteiger partial charge in [0.15, 0.2) is 9.84 Å². The molecule has 1 saturated heterocycles. The first-order valence-electron chi connectivity index (χ1n) is 8.28. The summed E-state index contributed by atoms with van der Waals surface area (Å²) in [5.41, 5.74) is 3.23. The number of benzene rings is 1. The van der Waals surface area contributed by atoms with Crippen LogP contribution in [0, 0.1) is 0 Å². The van der Waals surface area contributed by atoms with Gasteiger partial charge in [0.25, 0.3) is 0 Å². The van der Waals surface area contributed by atoms with Gasteiger partial charge in [0, 0.05) is 19.0 Å². The maximum Gasteiger partial charge on any atom is 0.183 e. The normalized spacial score (nSPS) is 24.3. The highest BCUT2D eigenvalue weighted by molar-refractivity contribution is 7.92. The standard InChI is InChI=1S/C19H17NO3S2/c21-25(22)18-4-3-13(14-5-7-24-12-14)8-16(18)17-10-20(11-19(17)25)9-15-2-1-6-23-15/h1-8,12,17,19H,9-11H2/t17-,19-/m1/s1. The summed E-state index contributed by atoms with van der Waals surface area (Å²) in [6, 6.07) is 11.7. The van der Waals surface area contributed by atoms with Crippen LogP contribution in [0.3, 0.4) is 0 Å². The molecule has 2 aliphatic rings. The van der Waals surface area contributed by atoms with Crippen molar-refractivity contribution < 1.29 is 12.8 Å². The van der Waals surface area contributed by atoms with Crippen LogP contribution in [0.1, 0.15) is 17.2 Å². The van der Waals surface area contributed by atoms with Gasteiger partial charge in [-0.2, -0.15) is 11.3 Å². The molecular formula is C19H17NO3S2. The highest BCUT2D eigenvalue weighted by Crippen LogP contribution is 2.46. The lowest BCUT2D eigenvalue weighted by atomic mass is 9.95. The van der Waals surface area contributed by atoms with E-state index >= 15 is 0 Å². The van der Waals surface area contributed by atoms with Crippen LogP contribution < -0.4 is 0 Å². The fourth-order valence-electron chi connectivity index (χ4n) is 4.09. The van der Waals surface area contributed by atoms with Gasteiger partial charge in [-0.1, -0.05) is 6.07 Å². The minimum atomic E-state index is -3.25. The molecule has 0 saturated carbocycles. The van der Waals surface area contributed by atoms with E-state index in [0.29, 0.717) is 18.0 Å². The van der Waals surface area contributed by atoms with Crippen molar-refractivity contribution in [2.75, 3.05) is 13.1 Å². The van der Waals surface area contributed by atoms with Crippen molar-refractivity contribution >= 4 is 21.2 Å². The molecule has 1 fully saturated rings. The van der Waals surface area contributed by atoms with Gasteiger partial charge < -0.3 is 4.42 Å². The van der Waals surface area contributed by atoms with E-state index in [0.717, 1.165) is 29.0 Å². The van der Waals surface area contributed by atoms with Crippen LogP contribution in [0.15, 0.2) is 62.7 Å². The van der Waals surface area contributed by atoms with Gasteiger partial charge in [0.05, 0.1) is 23.0 Å². The minimum Gasteiger partial charge on any atom is -0.468 e. The van der Waals surface area contributed by atoms with Crippen molar-refractivity contribution in [2.45, 2.75) is 22.6 Å². The van der Waals surface area contributed by atoms with Gasteiger partial charge in [-0.15, -0.1) is 0 Å². The van der Waals surface area contributed by atoms with Gasteiger partial charge in [-0.3, -0.25) is 4.90 Å². The first kappa shape index (κ1) is 15.4. The minimum absolute atomic E-state index is 0.0496.